The summed E-state index contributed by atoms with van der Waals surface area (Å²) in [5.41, 5.74) is 0.279. The number of Topliss-reactive ketones (excluding diaryl/α,β-unsaturated/α-hetero) is 1. The third-order valence-corrected chi connectivity index (χ3v) is 3.55. The Bertz CT molecular complexity index is 499. The lowest BCUT2D eigenvalue weighted by molar-refractivity contribution is -0.144. The predicted molar refractivity (Wildman–Crippen MR) is 69.0 cm³/mol. The number of carbonyl (C=O) groups excluding carboxylic acids is 2. The molecule has 0 aliphatic heterocycles. The molecule has 0 N–H and O–H groups in total. The minimum atomic E-state index is -0.343. The summed E-state index contributed by atoms with van der Waals surface area (Å²) in [6.07, 6.45) is 0.838. The first-order chi connectivity index (χ1) is 8.49. The summed E-state index contributed by atoms with van der Waals surface area (Å²) < 4.78 is 4.96. The first kappa shape index (κ1) is 13.4. The Balaban J connectivity index is 1.95. The van der Waals surface area contributed by atoms with Gasteiger partial charge in [-0.25, -0.2) is 0 Å². The highest BCUT2D eigenvalue weighted by molar-refractivity contribution is 6.36. The molecule has 5 heteroatoms. The maximum atomic E-state index is 11.8. The fraction of sp³-hybridized carbons (Fsp3) is 0.385. The van der Waals surface area contributed by atoms with Crippen molar-refractivity contribution in [3.63, 3.8) is 0 Å². The van der Waals surface area contributed by atoms with Crippen molar-refractivity contribution in [3.8, 4) is 0 Å². The van der Waals surface area contributed by atoms with Gasteiger partial charge in [0.05, 0.1) is 10.9 Å². The molecule has 1 fully saturated rings. The summed E-state index contributed by atoms with van der Waals surface area (Å²) >= 11 is 11.7. The molecule has 3 nitrogen and oxygen atoms in total. The molecule has 0 bridgehead atoms. The van der Waals surface area contributed by atoms with Crippen LogP contribution in [-0.2, 0) is 9.53 Å². The summed E-state index contributed by atoms with van der Waals surface area (Å²) in [5, 5.41) is 0.727. The molecule has 0 spiro atoms. The second kappa shape index (κ2) is 5.29. The van der Waals surface area contributed by atoms with E-state index >= 15 is 0 Å². The maximum Gasteiger partial charge on any atom is 0.309 e. The summed E-state index contributed by atoms with van der Waals surface area (Å²) in [7, 11) is 0. The normalized spacial score (nSPS) is 21.5. The molecule has 1 aliphatic carbocycles. The average Bonchev–Trinajstić information content (AvgIpc) is 3.06. The summed E-state index contributed by atoms with van der Waals surface area (Å²) in [6.45, 7) is 1.68. The molecule has 0 radical (unpaired) electrons. The summed E-state index contributed by atoms with van der Waals surface area (Å²) in [4.78, 5) is 23.3. The second-order valence-electron chi connectivity index (χ2n) is 4.47. The molecular weight excluding hydrogens is 275 g/mol. The van der Waals surface area contributed by atoms with Gasteiger partial charge in [-0.3, -0.25) is 9.59 Å². The third-order valence-electron chi connectivity index (χ3n) is 2.99. The number of ether oxygens (including phenoxy) is 1. The molecule has 0 heterocycles. The van der Waals surface area contributed by atoms with Crippen molar-refractivity contribution >= 4 is 35.0 Å². The van der Waals surface area contributed by atoms with Crippen LogP contribution in [0.25, 0.3) is 0 Å². The highest BCUT2D eigenvalue weighted by atomic mass is 35.5. The summed E-state index contributed by atoms with van der Waals surface area (Å²) in [6, 6.07) is 4.61. The standard InChI is InChI=1S/C13H12Cl2O3/c1-7-4-9(7)13(17)18-6-12(16)10-5-8(14)2-3-11(10)15/h2-3,5,7,9H,4,6H2,1H3. The first-order valence-electron chi connectivity index (χ1n) is 5.64. The number of hydrogen-bond donors (Lipinski definition) is 0. The quantitative estimate of drug-likeness (QED) is 0.630. The van der Waals surface area contributed by atoms with Gasteiger partial charge in [-0.1, -0.05) is 30.1 Å². The van der Waals surface area contributed by atoms with Crippen molar-refractivity contribution in [3.05, 3.63) is 33.8 Å². The van der Waals surface area contributed by atoms with Crippen LogP contribution in [0.1, 0.15) is 23.7 Å². The van der Waals surface area contributed by atoms with Crippen molar-refractivity contribution in [1.82, 2.24) is 0 Å². The number of carbonyl (C=O) groups is 2. The van der Waals surface area contributed by atoms with E-state index < -0.39 is 0 Å². The van der Waals surface area contributed by atoms with Crippen LogP contribution in [0.2, 0.25) is 10.0 Å². The molecule has 0 saturated heterocycles. The number of benzene rings is 1. The van der Waals surface area contributed by atoms with Gasteiger partial charge < -0.3 is 4.74 Å². The van der Waals surface area contributed by atoms with Crippen molar-refractivity contribution in [2.75, 3.05) is 6.61 Å². The zero-order valence-electron chi connectivity index (χ0n) is 9.78. The van der Waals surface area contributed by atoms with E-state index in [1.807, 2.05) is 6.92 Å². The van der Waals surface area contributed by atoms with Gasteiger partial charge in [0.2, 0.25) is 5.78 Å². The lowest BCUT2D eigenvalue weighted by Gasteiger charge is -2.05. The molecule has 0 aromatic heterocycles. The molecule has 1 saturated carbocycles. The first-order valence-corrected chi connectivity index (χ1v) is 6.39. The fourth-order valence-corrected chi connectivity index (χ4v) is 2.08. The lowest BCUT2D eigenvalue weighted by Crippen LogP contribution is -2.16. The van der Waals surface area contributed by atoms with E-state index in [-0.39, 0.29) is 29.8 Å². The van der Waals surface area contributed by atoms with Crippen LogP contribution >= 0.6 is 23.2 Å². The maximum absolute atomic E-state index is 11.8. The van der Waals surface area contributed by atoms with Gasteiger partial charge in [0.1, 0.15) is 0 Å². The van der Waals surface area contributed by atoms with Crippen LogP contribution in [0.15, 0.2) is 18.2 Å². The van der Waals surface area contributed by atoms with Crippen molar-refractivity contribution in [1.29, 1.82) is 0 Å². The minimum absolute atomic E-state index is 0.0485. The van der Waals surface area contributed by atoms with E-state index in [0.29, 0.717) is 16.0 Å². The molecule has 1 aliphatic rings. The molecule has 2 atom stereocenters. The highest BCUT2D eigenvalue weighted by Gasteiger charge is 2.40. The van der Waals surface area contributed by atoms with Gasteiger partial charge in [0.15, 0.2) is 6.61 Å². The SMILES string of the molecule is CC1CC1C(=O)OCC(=O)c1cc(Cl)ccc1Cl. The monoisotopic (exact) mass is 286 g/mol. The van der Waals surface area contributed by atoms with Crippen LogP contribution in [0.3, 0.4) is 0 Å². The van der Waals surface area contributed by atoms with Crippen LogP contribution in [-0.4, -0.2) is 18.4 Å². The van der Waals surface area contributed by atoms with E-state index in [2.05, 4.69) is 0 Å². The minimum Gasteiger partial charge on any atom is -0.457 e. The zero-order valence-corrected chi connectivity index (χ0v) is 11.3. The van der Waals surface area contributed by atoms with Crippen LogP contribution in [0, 0.1) is 11.8 Å². The van der Waals surface area contributed by atoms with Crippen LogP contribution in [0.4, 0.5) is 0 Å². The predicted octanol–water partition coefficient (Wildman–Crippen LogP) is 3.38. The number of esters is 1. The Hall–Kier alpha value is -1.06. The van der Waals surface area contributed by atoms with Gasteiger partial charge in [-0.15, -0.1) is 0 Å². The average molecular weight is 287 g/mol. The van der Waals surface area contributed by atoms with Gasteiger partial charge in [0.25, 0.3) is 0 Å². The molecule has 18 heavy (non-hydrogen) atoms. The topological polar surface area (TPSA) is 43.4 Å². The summed E-state index contributed by atoms with van der Waals surface area (Å²) in [5.74, 6) is -0.340. The van der Waals surface area contributed by atoms with Crippen LogP contribution < -0.4 is 0 Å². The number of rotatable bonds is 4. The van der Waals surface area contributed by atoms with Gasteiger partial charge in [0, 0.05) is 10.6 Å². The fourth-order valence-electron chi connectivity index (χ4n) is 1.68. The van der Waals surface area contributed by atoms with E-state index in [4.69, 9.17) is 27.9 Å². The van der Waals surface area contributed by atoms with E-state index in [0.717, 1.165) is 6.42 Å². The number of hydrogen-bond acceptors (Lipinski definition) is 3. The molecule has 1 aromatic rings. The Morgan fingerprint density at radius 3 is 2.67 bits per heavy atom. The van der Waals surface area contributed by atoms with Crippen molar-refractivity contribution in [2.45, 2.75) is 13.3 Å². The second-order valence-corrected chi connectivity index (χ2v) is 5.32. The van der Waals surface area contributed by atoms with E-state index in [1.165, 1.54) is 6.07 Å². The van der Waals surface area contributed by atoms with Gasteiger partial charge in [-0.05, 0) is 30.5 Å². The lowest BCUT2D eigenvalue weighted by atomic mass is 10.1. The molecule has 1 aromatic carbocycles. The smallest absolute Gasteiger partial charge is 0.309 e. The molecular formula is C13H12Cl2O3. The molecule has 96 valence electrons. The zero-order chi connectivity index (χ0) is 13.3. The molecule has 0 amide bonds. The van der Waals surface area contributed by atoms with Gasteiger partial charge >= 0.3 is 5.97 Å². The Morgan fingerprint density at radius 2 is 2.06 bits per heavy atom. The van der Waals surface area contributed by atoms with Crippen molar-refractivity contribution in [2.24, 2.45) is 11.8 Å². The van der Waals surface area contributed by atoms with Crippen LogP contribution in [0.5, 0.6) is 0 Å². The Labute approximate surface area is 115 Å². The van der Waals surface area contributed by atoms with Crippen molar-refractivity contribution < 1.29 is 14.3 Å². The highest BCUT2D eigenvalue weighted by Crippen LogP contribution is 2.38. The number of halogens is 2. The largest absolute Gasteiger partial charge is 0.457 e. The molecule has 2 rings (SSSR count). The van der Waals surface area contributed by atoms with E-state index in [1.54, 1.807) is 12.1 Å². The van der Waals surface area contributed by atoms with E-state index in [9.17, 15) is 9.59 Å². The third kappa shape index (κ3) is 3.03. The van der Waals surface area contributed by atoms with Gasteiger partial charge in [-0.2, -0.15) is 0 Å². The molecule has 2 unspecified atom stereocenters. The number of ketones is 1. The Kier molecular flexibility index (Phi) is 3.93. The Morgan fingerprint density at radius 1 is 1.39 bits per heavy atom.